The average Bonchev–Trinajstić information content (AvgIpc) is 2.91. The number of nitrogens with zero attached hydrogens (tertiary/aromatic N) is 2. The molecule has 1 saturated heterocycles. The van der Waals surface area contributed by atoms with Crippen LogP contribution in [0.5, 0.6) is 17.2 Å². The van der Waals surface area contributed by atoms with E-state index in [-0.39, 0.29) is 4.90 Å². The van der Waals surface area contributed by atoms with Crippen molar-refractivity contribution in [3.05, 3.63) is 84.4 Å². The van der Waals surface area contributed by atoms with Gasteiger partial charge in [0.05, 0.1) is 12.0 Å². The van der Waals surface area contributed by atoms with E-state index in [1.807, 2.05) is 47.4 Å². The molecule has 1 aliphatic heterocycles. The highest BCUT2D eigenvalue weighted by molar-refractivity contribution is 7.89. The number of hydrogen-bond acceptors (Lipinski definition) is 7. The zero-order valence-corrected chi connectivity index (χ0v) is 21.3. The summed E-state index contributed by atoms with van der Waals surface area (Å²) in [4.78, 5) is 2.19. The maximum Gasteiger partial charge on any atom is 0.243 e. The molecule has 1 heterocycles. The lowest BCUT2D eigenvalue weighted by Crippen LogP contribution is -2.56. The molecule has 3 aromatic rings. The van der Waals surface area contributed by atoms with Crippen LogP contribution < -0.4 is 14.2 Å². The molecule has 0 saturated carbocycles. The molecule has 36 heavy (non-hydrogen) atoms. The molecule has 4 rings (SSSR count). The molecular formula is C27H32N2O6S. The molecule has 3 aromatic carbocycles. The second-order valence-corrected chi connectivity index (χ2v) is 10.5. The molecular weight excluding hydrogens is 480 g/mol. The molecule has 0 amide bonds. The van der Waals surface area contributed by atoms with Crippen LogP contribution in [0.15, 0.2) is 83.8 Å². The van der Waals surface area contributed by atoms with E-state index in [1.54, 1.807) is 43.3 Å². The zero-order valence-electron chi connectivity index (χ0n) is 20.5. The maximum atomic E-state index is 13.0. The number of benzene rings is 3. The van der Waals surface area contributed by atoms with E-state index in [0.717, 1.165) is 11.3 Å². The van der Waals surface area contributed by atoms with Crippen molar-refractivity contribution in [3.8, 4) is 17.2 Å². The van der Waals surface area contributed by atoms with Crippen LogP contribution in [0.2, 0.25) is 0 Å². The summed E-state index contributed by atoms with van der Waals surface area (Å²) in [5.74, 6) is 1.92. The van der Waals surface area contributed by atoms with Crippen LogP contribution in [0.3, 0.4) is 0 Å². The van der Waals surface area contributed by atoms with Crippen molar-refractivity contribution in [1.29, 1.82) is 0 Å². The van der Waals surface area contributed by atoms with E-state index >= 15 is 0 Å². The van der Waals surface area contributed by atoms with Crippen LogP contribution in [0.25, 0.3) is 0 Å². The summed E-state index contributed by atoms with van der Waals surface area (Å²) in [6, 6.07) is 23.6. The summed E-state index contributed by atoms with van der Waals surface area (Å²) in [6.45, 7) is 3.61. The lowest BCUT2D eigenvalue weighted by molar-refractivity contribution is -0.0683. The minimum Gasteiger partial charge on any atom is -0.497 e. The highest BCUT2D eigenvalue weighted by Crippen LogP contribution is 2.24. The number of rotatable bonds is 10. The summed E-state index contributed by atoms with van der Waals surface area (Å²) in [5.41, 5.74) is 1.08. The van der Waals surface area contributed by atoms with Crippen molar-refractivity contribution in [3.63, 3.8) is 0 Å². The molecule has 2 unspecified atom stereocenters. The minimum atomic E-state index is -3.61. The lowest BCUT2D eigenvalue weighted by Gasteiger charge is -2.39. The molecule has 0 bridgehead atoms. The molecule has 8 nitrogen and oxygen atoms in total. The normalized spacial score (nSPS) is 16.8. The number of piperazine rings is 1. The third-order valence-electron chi connectivity index (χ3n) is 6.07. The Morgan fingerprint density at radius 3 is 2.00 bits per heavy atom. The molecule has 1 fully saturated rings. The van der Waals surface area contributed by atoms with Gasteiger partial charge in [0.1, 0.15) is 30.0 Å². The Kier molecular flexibility index (Phi) is 8.48. The molecule has 1 N–H and O–H groups in total. The molecule has 192 valence electrons. The van der Waals surface area contributed by atoms with Crippen molar-refractivity contribution in [1.82, 2.24) is 9.21 Å². The highest BCUT2D eigenvalue weighted by atomic mass is 32.2. The van der Waals surface area contributed by atoms with E-state index in [4.69, 9.17) is 14.2 Å². The fourth-order valence-electron chi connectivity index (χ4n) is 4.07. The molecule has 0 spiro atoms. The Bertz CT molecular complexity index is 1190. The first-order valence-electron chi connectivity index (χ1n) is 11.9. The van der Waals surface area contributed by atoms with E-state index in [2.05, 4.69) is 0 Å². The van der Waals surface area contributed by atoms with Crippen LogP contribution in [-0.4, -0.2) is 68.4 Å². The van der Waals surface area contributed by atoms with Crippen LogP contribution in [0.1, 0.15) is 12.5 Å². The SMILES string of the molecule is COc1ccc(S(=O)(=O)N2CCN(C(Oc3ccc(OCc4ccccc4)cc3)C(C)O)CC2)cc1. The fraction of sp³-hybridized carbons (Fsp3) is 0.333. The number of hydrogen-bond donors (Lipinski definition) is 1. The fourth-order valence-corrected chi connectivity index (χ4v) is 5.49. The third-order valence-corrected chi connectivity index (χ3v) is 7.98. The second kappa shape index (κ2) is 11.7. The summed E-state index contributed by atoms with van der Waals surface area (Å²) in [5, 5.41) is 10.4. The number of sulfonamides is 1. The second-order valence-electron chi connectivity index (χ2n) is 8.61. The molecule has 1 aliphatic rings. The number of ether oxygens (including phenoxy) is 3. The standard InChI is InChI=1S/C27H32N2O6S/c1-21(30)27(35-25-10-8-24(9-11-25)34-20-22-6-4-3-5-7-22)28-16-18-29(19-17-28)36(31,32)26-14-12-23(33-2)13-15-26/h3-15,21,27,30H,16-20H2,1-2H3. The first kappa shape index (κ1) is 26.0. The summed E-state index contributed by atoms with van der Waals surface area (Å²) >= 11 is 0. The first-order valence-corrected chi connectivity index (χ1v) is 13.3. The summed E-state index contributed by atoms with van der Waals surface area (Å²) in [6.07, 6.45) is -1.38. The number of methoxy groups -OCH3 is 1. The van der Waals surface area contributed by atoms with E-state index < -0.39 is 22.4 Å². The van der Waals surface area contributed by atoms with E-state index in [9.17, 15) is 13.5 Å². The largest absolute Gasteiger partial charge is 0.497 e. The Labute approximate surface area is 212 Å². The van der Waals surface area contributed by atoms with E-state index in [1.165, 1.54) is 11.4 Å². The van der Waals surface area contributed by atoms with Crippen molar-refractivity contribution < 1.29 is 27.7 Å². The predicted octanol–water partition coefficient (Wildman–Crippen LogP) is 3.37. The van der Waals surface area contributed by atoms with Crippen LogP contribution in [0.4, 0.5) is 0 Å². The molecule has 0 radical (unpaired) electrons. The van der Waals surface area contributed by atoms with Gasteiger partial charge in [0, 0.05) is 26.2 Å². The molecule has 9 heteroatoms. The summed E-state index contributed by atoms with van der Waals surface area (Å²) in [7, 11) is -2.07. The topological polar surface area (TPSA) is 88.5 Å². The Balaban J connectivity index is 1.34. The van der Waals surface area contributed by atoms with Crippen LogP contribution in [0, 0.1) is 0 Å². The van der Waals surface area contributed by atoms with E-state index in [0.29, 0.717) is 44.3 Å². The third kappa shape index (κ3) is 6.36. The van der Waals surface area contributed by atoms with Gasteiger partial charge in [0.25, 0.3) is 0 Å². The van der Waals surface area contributed by atoms with Crippen molar-refractivity contribution in [2.45, 2.75) is 30.8 Å². The molecule has 2 atom stereocenters. The predicted molar refractivity (Wildman–Crippen MR) is 137 cm³/mol. The zero-order chi connectivity index (χ0) is 25.5. The van der Waals surface area contributed by atoms with Gasteiger partial charge in [-0.05, 0) is 61.0 Å². The van der Waals surface area contributed by atoms with Crippen molar-refractivity contribution in [2.75, 3.05) is 33.3 Å². The quantitative estimate of drug-likeness (QED) is 0.446. The van der Waals surface area contributed by atoms with Gasteiger partial charge < -0.3 is 19.3 Å². The maximum absolute atomic E-state index is 13.0. The van der Waals surface area contributed by atoms with Gasteiger partial charge in [-0.3, -0.25) is 4.90 Å². The van der Waals surface area contributed by atoms with Gasteiger partial charge in [-0.2, -0.15) is 4.31 Å². The van der Waals surface area contributed by atoms with Gasteiger partial charge >= 0.3 is 0 Å². The van der Waals surface area contributed by atoms with Crippen molar-refractivity contribution in [2.24, 2.45) is 0 Å². The first-order chi connectivity index (χ1) is 17.4. The van der Waals surface area contributed by atoms with Crippen LogP contribution in [-0.2, 0) is 16.6 Å². The smallest absolute Gasteiger partial charge is 0.243 e. The summed E-state index contributed by atoms with van der Waals surface area (Å²) < 4.78 is 44.6. The monoisotopic (exact) mass is 512 g/mol. The lowest BCUT2D eigenvalue weighted by atomic mass is 10.2. The van der Waals surface area contributed by atoms with Gasteiger partial charge in [0.15, 0.2) is 6.23 Å². The van der Waals surface area contributed by atoms with Crippen LogP contribution >= 0.6 is 0 Å². The minimum absolute atomic E-state index is 0.231. The Hall–Kier alpha value is -3.11. The van der Waals surface area contributed by atoms with Crippen molar-refractivity contribution >= 4 is 10.0 Å². The van der Waals surface area contributed by atoms with Gasteiger partial charge in [-0.25, -0.2) is 8.42 Å². The molecule has 0 aromatic heterocycles. The molecule has 0 aliphatic carbocycles. The van der Waals surface area contributed by atoms with Gasteiger partial charge in [0.2, 0.25) is 10.0 Å². The highest BCUT2D eigenvalue weighted by Gasteiger charge is 2.33. The average molecular weight is 513 g/mol. The number of aliphatic hydroxyl groups excluding tert-OH is 1. The van der Waals surface area contributed by atoms with Gasteiger partial charge in [-0.1, -0.05) is 30.3 Å². The Morgan fingerprint density at radius 2 is 1.42 bits per heavy atom. The Morgan fingerprint density at radius 1 is 0.833 bits per heavy atom. The number of aliphatic hydroxyl groups is 1. The van der Waals surface area contributed by atoms with Gasteiger partial charge in [-0.15, -0.1) is 0 Å².